The second-order valence-electron chi connectivity index (χ2n) is 4.96. The summed E-state index contributed by atoms with van der Waals surface area (Å²) >= 11 is 0. The van der Waals surface area contributed by atoms with Crippen LogP contribution in [-0.4, -0.2) is 6.54 Å². The number of hydrogen-bond donors (Lipinski definition) is 2. The standard InChI is InChI=1S/C14H19N3/c1-10-3-2-4-12(10)9-17-14-7-11(8-15)5-6-13(14)16/h5-7,10,12,17H,2-4,9,16H2,1H3. The predicted octanol–water partition coefficient (Wildman–Crippen LogP) is 2.99. The van der Waals surface area contributed by atoms with Crippen molar-refractivity contribution in [3.8, 4) is 6.07 Å². The fourth-order valence-corrected chi connectivity index (χ4v) is 2.55. The number of nitrogens with zero attached hydrogens (tertiary/aromatic N) is 1. The quantitative estimate of drug-likeness (QED) is 0.783. The van der Waals surface area contributed by atoms with E-state index in [1.165, 1.54) is 19.3 Å². The lowest BCUT2D eigenvalue weighted by Gasteiger charge is -2.17. The van der Waals surface area contributed by atoms with Crippen molar-refractivity contribution in [1.82, 2.24) is 0 Å². The summed E-state index contributed by atoms with van der Waals surface area (Å²) in [6, 6.07) is 7.50. The van der Waals surface area contributed by atoms with E-state index in [9.17, 15) is 0 Å². The first kappa shape index (κ1) is 11.8. The summed E-state index contributed by atoms with van der Waals surface area (Å²) in [6.07, 6.45) is 3.97. The van der Waals surface area contributed by atoms with E-state index in [-0.39, 0.29) is 0 Å². The number of benzene rings is 1. The third-order valence-corrected chi connectivity index (χ3v) is 3.78. The molecular weight excluding hydrogens is 210 g/mol. The minimum atomic E-state index is 0.654. The Balaban J connectivity index is 2.01. The molecule has 1 fully saturated rings. The van der Waals surface area contributed by atoms with Crippen LogP contribution in [0.25, 0.3) is 0 Å². The summed E-state index contributed by atoms with van der Waals surface area (Å²) in [7, 11) is 0. The largest absolute Gasteiger partial charge is 0.397 e. The second kappa shape index (κ2) is 5.09. The summed E-state index contributed by atoms with van der Waals surface area (Å²) in [4.78, 5) is 0. The molecule has 1 aliphatic carbocycles. The molecule has 1 aromatic carbocycles. The Morgan fingerprint density at radius 1 is 1.47 bits per heavy atom. The Morgan fingerprint density at radius 3 is 2.94 bits per heavy atom. The van der Waals surface area contributed by atoms with Gasteiger partial charge in [0.1, 0.15) is 0 Å². The van der Waals surface area contributed by atoms with Crippen molar-refractivity contribution >= 4 is 11.4 Å². The fourth-order valence-electron chi connectivity index (χ4n) is 2.55. The van der Waals surface area contributed by atoms with Gasteiger partial charge in [-0.1, -0.05) is 19.8 Å². The van der Waals surface area contributed by atoms with Crippen LogP contribution in [0.5, 0.6) is 0 Å². The number of rotatable bonds is 3. The van der Waals surface area contributed by atoms with Crippen LogP contribution in [0.15, 0.2) is 18.2 Å². The van der Waals surface area contributed by atoms with Crippen LogP contribution >= 0.6 is 0 Å². The Labute approximate surface area is 103 Å². The highest BCUT2D eigenvalue weighted by Gasteiger charge is 2.22. The maximum absolute atomic E-state index is 8.86. The SMILES string of the molecule is CC1CCCC1CNc1cc(C#N)ccc1N. The zero-order chi connectivity index (χ0) is 12.3. The lowest BCUT2D eigenvalue weighted by atomic mass is 9.98. The van der Waals surface area contributed by atoms with E-state index in [2.05, 4.69) is 18.3 Å². The summed E-state index contributed by atoms with van der Waals surface area (Å²) < 4.78 is 0. The van der Waals surface area contributed by atoms with Crippen molar-refractivity contribution in [2.24, 2.45) is 11.8 Å². The lowest BCUT2D eigenvalue weighted by molar-refractivity contribution is 0.440. The molecule has 0 spiro atoms. The number of nitrogen functional groups attached to an aromatic ring is 1. The molecule has 3 heteroatoms. The van der Waals surface area contributed by atoms with Crippen LogP contribution in [0.3, 0.4) is 0 Å². The Kier molecular flexibility index (Phi) is 3.53. The molecule has 1 saturated carbocycles. The van der Waals surface area contributed by atoms with E-state index < -0.39 is 0 Å². The zero-order valence-corrected chi connectivity index (χ0v) is 10.2. The summed E-state index contributed by atoms with van der Waals surface area (Å²) in [5, 5.41) is 12.2. The first-order chi connectivity index (χ1) is 8.20. The van der Waals surface area contributed by atoms with E-state index in [0.717, 1.165) is 29.8 Å². The van der Waals surface area contributed by atoms with Crippen molar-refractivity contribution in [2.45, 2.75) is 26.2 Å². The third kappa shape index (κ3) is 2.71. The van der Waals surface area contributed by atoms with Crippen LogP contribution in [-0.2, 0) is 0 Å². The van der Waals surface area contributed by atoms with Gasteiger partial charge >= 0.3 is 0 Å². The Bertz CT molecular complexity index is 434. The van der Waals surface area contributed by atoms with Crippen molar-refractivity contribution < 1.29 is 0 Å². The summed E-state index contributed by atoms with van der Waals surface area (Å²) in [5.74, 6) is 1.53. The molecule has 0 amide bonds. The van der Waals surface area contributed by atoms with E-state index >= 15 is 0 Å². The van der Waals surface area contributed by atoms with Gasteiger partial charge in [-0.15, -0.1) is 0 Å². The van der Waals surface area contributed by atoms with Crippen molar-refractivity contribution in [3.63, 3.8) is 0 Å². The van der Waals surface area contributed by atoms with Gasteiger partial charge in [0, 0.05) is 6.54 Å². The van der Waals surface area contributed by atoms with Gasteiger partial charge in [-0.2, -0.15) is 5.26 Å². The lowest BCUT2D eigenvalue weighted by Crippen LogP contribution is -2.17. The van der Waals surface area contributed by atoms with E-state index in [1.807, 2.05) is 6.07 Å². The number of hydrogen-bond acceptors (Lipinski definition) is 3. The Morgan fingerprint density at radius 2 is 2.29 bits per heavy atom. The highest BCUT2D eigenvalue weighted by molar-refractivity contribution is 5.68. The first-order valence-corrected chi connectivity index (χ1v) is 6.24. The summed E-state index contributed by atoms with van der Waals surface area (Å²) in [6.45, 7) is 3.27. The highest BCUT2D eigenvalue weighted by atomic mass is 14.9. The first-order valence-electron chi connectivity index (χ1n) is 6.24. The molecule has 1 aromatic rings. The van der Waals surface area contributed by atoms with Gasteiger partial charge in [-0.05, 0) is 36.5 Å². The highest BCUT2D eigenvalue weighted by Crippen LogP contribution is 2.31. The van der Waals surface area contributed by atoms with Gasteiger partial charge < -0.3 is 11.1 Å². The van der Waals surface area contributed by atoms with E-state index in [4.69, 9.17) is 11.0 Å². The van der Waals surface area contributed by atoms with Gasteiger partial charge in [0.15, 0.2) is 0 Å². The molecule has 3 N–H and O–H groups in total. The molecule has 0 radical (unpaired) electrons. The maximum atomic E-state index is 8.86. The average molecular weight is 229 g/mol. The minimum absolute atomic E-state index is 0.654. The molecule has 1 aliphatic rings. The summed E-state index contributed by atoms with van der Waals surface area (Å²) in [5.41, 5.74) is 8.15. The van der Waals surface area contributed by atoms with Crippen molar-refractivity contribution in [1.29, 1.82) is 5.26 Å². The minimum Gasteiger partial charge on any atom is -0.397 e. The zero-order valence-electron chi connectivity index (χ0n) is 10.2. The topological polar surface area (TPSA) is 61.8 Å². The second-order valence-corrected chi connectivity index (χ2v) is 4.96. The molecule has 3 nitrogen and oxygen atoms in total. The van der Waals surface area contributed by atoms with Crippen LogP contribution < -0.4 is 11.1 Å². The number of nitrogens with one attached hydrogen (secondary N) is 1. The molecule has 0 saturated heterocycles. The normalized spacial score (nSPS) is 23.3. The van der Waals surface area contributed by atoms with Crippen LogP contribution in [0.4, 0.5) is 11.4 Å². The molecule has 0 bridgehead atoms. The molecule has 0 aliphatic heterocycles. The van der Waals surface area contributed by atoms with E-state index in [0.29, 0.717) is 5.56 Å². The predicted molar refractivity (Wildman–Crippen MR) is 70.6 cm³/mol. The van der Waals surface area contributed by atoms with Crippen LogP contribution in [0, 0.1) is 23.2 Å². The molecule has 2 unspecified atom stereocenters. The van der Waals surface area contributed by atoms with Crippen LogP contribution in [0.2, 0.25) is 0 Å². The smallest absolute Gasteiger partial charge is 0.0992 e. The van der Waals surface area contributed by atoms with Gasteiger partial charge in [0.05, 0.1) is 23.0 Å². The molecular formula is C14H19N3. The molecule has 17 heavy (non-hydrogen) atoms. The molecule has 0 heterocycles. The molecule has 2 rings (SSSR count). The number of nitriles is 1. The number of anilines is 2. The van der Waals surface area contributed by atoms with Gasteiger partial charge in [-0.25, -0.2) is 0 Å². The van der Waals surface area contributed by atoms with Crippen molar-refractivity contribution in [3.05, 3.63) is 23.8 Å². The fraction of sp³-hybridized carbons (Fsp3) is 0.500. The van der Waals surface area contributed by atoms with Crippen LogP contribution in [0.1, 0.15) is 31.7 Å². The Hall–Kier alpha value is -1.69. The monoisotopic (exact) mass is 229 g/mol. The van der Waals surface area contributed by atoms with Gasteiger partial charge in [-0.3, -0.25) is 0 Å². The van der Waals surface area contributed by atoms with Gasteiger partial charge in [0.2, 0.25) is 0 Å². The average Bonchev–Trinajstić information content (AvgIpc) is 2.74. The van der Waals surface area contributed by atoms with E-state index in [1.54, 1.807) is 12.1 Å². The molecule has 90 valence electrons. The van der Waals surface area contributed by atoms with Crippen molar-refractivity contribution in [2.75, 3.05) is 17.6 Å². The molecule has 0 aromatic heterocycles. The maximum Gasteiger partial charge on any atom is 0.0992 e. The third-order valence-electron chi connectivity index (χ3n) is 3.78. The van der Waals surface area contributed by atoms with Gasteiger partial charge in [0.25, 0.3) is 0 Å². The number of nitrogens with two attached hydrogens (primary N) is 1. The molecule has 2 atom stereocenters.